The van der Waals surface area contributed by atoms with Crippen LogP contribution in [0.5, 0.6) is 0 Å². The Labute approximate surface area is 345 Å². The topological polar surface area (TPSA) is 204 Å². The molecule has 0 spiro atoms. The molecule has 1 aromatic carbocycles. The molecule has 3 fully saturated rings. The van der Waals surface area contributed by atoms with E-state index < -0.39 is 35.5 Å². The van der Waals surface area contributed by atoms with Crippen molar-refractivity contribution < 1.29 is 51.4 Å². The van der Waals surface area contributed by atoms with E-state index in [4.69, 9.17) is 0 Å². The lowest BCUT2D eigenvalue weighted by Gasteiger charge is -2.46. The molecule has 7 heterocycles. The minimum Gasteiger partial charge on any atom is -0.477 e. The number of aromatic nitrogens is 6. The summed E-state index contributed by atoms with van der Waals surface area (Å²) in [5, 5.41) is 28.5. The fourth-order valence-electron chi connectivity index (χ4n) is 8.62. The van der Waals surface area contributed by atoms with Crippen LogP contribution >= 0.6 is 0 Å². The van der Waals surface area contributed by atoms with E-state index in [9.17, 15) is 42.6 Å². The number of carbonyl (C=O) groups is 4. The molecule has 0 unspecified atom stereocenters. The molecule has 0 bridgehead atoms. The molecule has 322 valence electrons. The highest BCUT2D eigenvalue weighted by molar-refractivity contribution is 6.03. The van der Waals surface area contributed by atoms with Crippen molar-refractivity contribution >= 4 is 40.4 Å². The zero-order valence-electron chi connectivity index (χ0n) is 33.1. The summed E-state index contributed by atoms with van der Waals surface area (Å²) >= 11 is 0. The number of hydrogen-bond donors (Lipinski definition) is 5. The van der Waals surface area contributed by atoms with Gasteiger partial charge >= 0.3 is 12.1 Å². The Kier molecular flexibility index (Phi) is 11.1. The van der Waals surface area contributed by atoms with Crippen molar-refractivity contribution in [3.8, 4) is 17.1 Å². The predicted octanol–water partition coefficient (Wildman–Crippen LogP) is 2.87. The minimum atomic E-state index is -4.89. The molecule has 0 aliphatic carbocycles. The van der Waals surface area contributed by atoms with Crippen molar-refractivity contribution in [2.75, 3.05) is 70.8 Å². The Balaban J connectivity index is 0.888. The van der Waals surface area contributed by atoms with Gasteiger partial charge in [-0.1, -0.05) is 0 Å². The standard InChI is InChI=1S/C40H43F4N11O6/c1-51-32(28-19-54(50-35(28)40(42,43)44)33-5-4-30-31(49-33)15-26(22-56)47-30)18-46-36(51)37(59)48-25-2-3-27(29(41)14-25)39(61)53-10-8-52(9-11-53)38(60)24-6-12-55(13-7-24,21-34(57)58)20-23-16-45-17-23/h2-5,14-15,18-19,23-24,45,56H,6-13,16-17,20-22H2,1H3,(H2-,47,48,49,57,58,59,61)/p+1. The van der Waals surface area contributed by atoms with Crippen molar-refractivity contribution in [2.24, 2.45) is 18.9 Å². The molecule has 0 saturated carbocycles. The molecular weight excluding hydrogens is 807 g/mol. The fraction of sp³-hybridized carbons (Fsp3) is 0.425. The van der Waals surface area contributed by atoms with Gasteiger partial charge in [-0.05, 0) is 36.4 Å². The normalized spacial score (nSPS) is 19.9. The molecule has 3 aliphatic rings. The number of amides is 3. The number of nitrogens with one attached hydrogen (secondary N) is 3. The van der Waals surface area contributed by atoms with E-state index in [-0.39, 0.29) is 85.3 Å². The van der Waals surface area contributed by atoms with Gasteiger partial charge in [0, 0.05) is 88.6 Å². The number of halogens is 4. The van der Waals surface area contributed by atoms with Crippen LogP contribution in [0.15, 0.2) is 48.8 Å². The number of imidazole rings is 1. The number of benzene rings is 1. The second kappa shape index (κ2) is 16.3. The zero-order chi connectivity index (χ0) is 43.2. The third-order valence-corrected chi connectivity index (χ3v) is 11.9. The van der Waals surface area contributed by atoms with E-state index in [1.807, 2.05) is 0 Å². The summed E-state index contributed by atoms with van der Waals surface area (Å²) in [6, 6.07) is 8.14. The summed E-state index contributed by atoms with van der Waals surface area (Å²) in [4.78, 5) is 66.4. The van der Waals surface area contributed by atoms with Crippen molar-refractivity contribution in [1.82, 2.24) is 44.4 Å². The number of fused-ring (bicyclic) bond motifs is 1. The quantitative estimate of drug-likeness (QED) is 0.0972. The van der Waals surface area contributed by atoms with Gasteiger partial charge < -0.3 is 44.7 Å². The first-order valence-corrected chi connectivity index (χ1v) is 19.9. The summed E-state index contributed by atoms with van der Waals surface area (Å²) in [7, 11) is 1.35. The Morgan fingerprint density at radius 2 is 1.72 bits per heavy atom. The monoisotopic (exact) mass is 850 g/mol. The largest absolute Gasteiger partial charge is 0.477 e. The van der Waals surface area contributed by atoms with E-state index in [2.05, 4.69) is 30.7 Å². The number of aliphatic hydroxyl groups is 1. The number of piperidine rings is 1. The fourth-order valence-corrected chi connectivity index (χ4v) is 8.62. The van der Waals surface area contributed by atoms with Gasteiger partial charge in [-0.3, -0.25) is 14.4 Å². The van der Waals surface area contributed by atoms with Crippen LogP contribution in [0.2, 0.25) is 0 Å². The number of H-pyrrole nitrogens is 1. The van der Waals surface area contributed by atoms with Crippen LogP contribution < -0.4 is 10.6 Å². The number of pyridine rings is 1. The van der Waals surface area contributed by atoms with Crippen molar-refractivity contribution in [1.29, 1.82) is 0 Å². The lowest BCUT2D eigenvalue weighted by atomic mass is 9.90. The molecule has 5 N–H and O–H groups in total. The molecule has 3 saturated heterocycles. The summed E-state index contributed by atoms with van der Waals surface area (Å²) in [6.07, 6.45) is -1.50. The molecule has 21 heteroatoms. The number of carbonyl (C=O) groups excluding carboxylic acids is 3. The van der Waals surface area contributed by atoms with Crippen molar-refractivity contribution in [2.45, 2.75) is 25.6 Å². The molecule has 3 aliphatic heterocycles. The van der Waals surface area contributed by atoms with Gasteiger partial charge in [0.1, 0.15) is 5.82 Å². The van der Waals surface area contributed by atoms with Gasteiger partial charge in [-0.2, -0.15) is 18.3 Å². The number of quaternary nitrogens is 1. The molecule has 17 nitrogen and oxygen atoms in total. The van der Waals surface area contributed by atoms with Gasteiger partial charge in [0.15, 0.2) is 23.9 Å². The Morgan fingerprint density at radius 1 is 1.00 bits per heavy atom. The molecular formula is C40H44F4N11O6+. The van der Waals surface area contributed by atoms with Gasteiger partial charge in [0.25, 0.3) is 11.8 Å². The van der Waals surface area contributed by atoms with E-state index >= 15 is 4.39 Å². The van der Waals surface area contributed by atoms with Gasteiger partial charge in [-0.25, -0.2) is 23.8 Å². The molecule has 3 amide bonds. The number of carboxylic acid groups (broad SMARTS) is 1. The van der Waals surface area contributed by atoms with E-state index in [1.54, 1.807) is 17.0 Å². The molecule has 0 radical (unpaired) electrons. The van der Waals surface area contributed by atoms with Crippen molar-refractivity contribution in [3.05, 3.63) is 77.4 Å². The van der Waals surface area contributed by atoms with Crippen LogP contribution in [0, 0.1) is 17.7 Å². The van der Waals surface area contributed by atoms with E-state index in [0.29, 0.717) is 53.1 Å². The number of aliphatic hydroxyl groups excluding tert-OH is 1. The molecule has 5 aromatic rings. The zero-order valence-corrected chi connectivity index (χ0v) is 33.1. The van der Waals surface area contributed by atoms with E-state index in [0.717, 1.165) is 47.3 Å². The van der Waals surface area contributed by atoms with Crippen LogP contribution in [0.3, 0.4) is 0 Å². The Morgan fingerprint density at radius 3 is 2.36 bits per heavy atom. The van der Waals surface area contributed by atoms with E-state index in [1.165, 1.54) is 30.1 Å². The summed E-state index contributed by atoms with van der Waals surface area (Å²) < 4.78 is 60.9. The average Bonchev–Trinajstić information content (AvgIpc) is 3.95. The molecule has 4 aromatic heterocycles. The maximum absolute atomic E-state index is 15.5. The highest BCUT2D eigenvalue weighted by Crippen LogP contribution is 2.37. The third-order valence-electron chi connectivity index (χ3n) is 11.9. The lowest BCUT2D eigenvalue weighted by molar-refractivity contribution is -0.929. The first kappa shape index (κ1) is 41.5. The van der Waals surface area contributed by atoms with Crippen LogP contribution in [0.1, 0.15) is 45.2 Å². The smallest absolute Gasteiger partial charge is 0.435 e. The van der Waals surface area contributed by atoms with Gasteiger partial charge in [0.05, 0.1) is 60.3 Å². The SMILES string of the molecule is Cn1c(-c2cn(-c3ccc4[nH]c(CO)cc4n3)nc2C(F)(F)F)cnc1C(=O)Nc1ccc(C(=O)N2CCN(C(=O)C3CC[N+](CC(=O)O)(CC4CNC4)CC3)CC2)c(F)c1. The number of carboxylic acids is 1. The number of aliphatic carboxylic acids is 1. The number of rotatable bonds is 11. The summed E-state index contributed by atoms with van der Waals surface area (Å²) in [5.74, 6) is -3.23. The predicted molar refractivity (Wildman–Crippen MR) is 210 cm³/mol. The van der Waals surface area contributed by atoms with Gasteiger partial charge in [0.2, 0.25) is 5.91 Å². The summed E-state index contributed by atoms with van der Waals surface area (Å²) in [6.45, 7) is 4.42. The number of hydrogen-bond acceptors (Lipinski definition) is 9. The Bertz CT molecular complexity index is 2490. The minimum absolute atomic E-state index is 0.0195. The number of nitrogens with zero attached hydrogens (tertiary/aromatic N) is 8. The molecule has 8 rings (SSSR count). The number of piperazine rings is 1. The third kappa shape index (κ3) is 8.44. The van der Waals surface area contributed by atoms with Crippen LogP contribution in [-0.4, -0.2) is 143 Å². The maximum atomic E-state index is 15.5. The first-order chi connectivity index (χ1) is 29.1. The second-order valence-corrected chi connectivity index (χ2v) is 16.0. The van der Waals surface area contributed by atoms with Crippen LogP contribution in [0.4, 0.5) is 23.2 Å². The average molecular weight is 851 g/mol. The number of aromatic amines is 1. The number of likely N-dealkylation sites (tertiary alicyclic amines) is 1. The Hall–Kier alpha value is -6.19. The maximum Gasteiger partial charge on any atom is 0.435 e. The molecule has 0 atom stereocenters. The first-order valence-electron chi connectivity index (χ1n) is 19.9. The highest BCUT2D eigenvalue weighted by atomic mass is 19.4. The van der Waals surface area contributed by atoms with Crippen LogP contribution in [-0.2, 0) is 29.4 Å². The molecule has 61 heavy (non-hydrogen) atoms. The second-order valence-electron chi connectivity index (χ2n) is 16.0. The highest BCUT2D eigenvalue weighted by Gasteiger charge is 2.43. The van der Waals surface area contributed by atoms with Crippen molar-refractivity contribution in [3.63, 3.8) is 0 Å². The number of alkyl halides is 3. The summed E-state index contributed by atoms with van der Waals surface area (Å²) in [5.41, 5.74) is -0.528. The lowest BCUT2D eigenvalue weighted by Crippen LogP contribution is -2.62. The van der Waals surface area contributed by atoms with Gasteiger partial charge in [-0.15, -0.1) is 0 Å². The van der Waals surface area contributed by atoms with Crippen LogP contribution in [0.25, 0.3) is 28.1 Å². The number of anilines is 1.